The van der Waals surface area contributed by atoms with Crippen molar-refractivity contribution in [2.45, 2.75) is 58.3 Å². The molecule has 0 aromatic rings. The quantitative estimate of drug-likeness (QED) is 0.365. The number of alkyl halides is 2. The van der Waals surface area contributed by atoms with Crippen molar-refractivity contribution in [2.24, 2.45) is 5.92 Å². The zero-order chi connectivity index (χ0) is 10.6. The van der Waals surface area contributed by atoms with Crippen molar-refractivity contribution in [3.8, 4) is 0 Å². The molecule has 86 valence electrons. The first-order valence-corrected chi connectivity index (χ1v) is 8.17. The molecule has 0 radical (unpaired) electrons. The van der Waals surface area contributed by atoms with Crippen molar-refractivity contribution in [1.82, 2.24) is 0 Å². The predicted octanol–water partition coefficient (Wildman–Crippen LogP) is 5.53. The van der Waals surface area contributed by atoms with Gasteiger partial charge in [-0.2, -0.15) is 0 Å². The molecule has 0 rings (SSSR count). The molecule has 0 heterocycles. The van der Waals surface area contributed by atoms with Gasteiger partial charge >= 0.3 is 0 Å². The Balaban J connectivity index is 2.98. The molecule has 14 heavy (non-hydrogen) atoms. The van der Waals surface area contributed by atoms with Gasteiger partial charge in [0.25, 0.3) is 0 Å². The Hall–Kier alpha value is 0.960. The maximum atomic E-state index is 3.50. The number of unbranched alkanes of at least 4 members (excludes halogenated alkanes) is 5. The van der Waals surface area contributed by atoms with Gasteiger partial charge in [0.1, 0.15) is 0 Å². The second-order valence-electron chi connectivity index (χ2n) is 4.18. The van der Waals surface area contributed by atoms with Gasteiger partial charge in [0.2, 0.25) is 0 Å². The highest BCUT2D eigenvalue weighted by atomic mass is 79.9. The molecule has 0 aromatic carbocycles. The van der Waals surface area contributed by atoms with Gasteiger partial charge in [0.05, 0.1) is 0 Å². The lowest BCUT2D eigenvalue weighted by molar-refractivity contribution is 0.475. The zero-order valence-corrected chi connectivity index (χ0v) is 12.6. The van der Waals surface area contributed by atoms with Gasteiger partial charge in [-0.05, 0) is 18.8 Å². The molecule has 0 spiro atoms. The molecule has 0 aliphatic rings. The number of halogens is 2. The Kier molecular flexibility index (Phi) is 12.9. The van der Waals surface area contributed by atoms with Crippen LogP contribution < -0.4 is 0 Å². The molecule has 2 heteroatoms. The Morgan fingerprint density at radius 3 is 1.86 bits per heavy atom. The second kappa shape index (κ2) is 12.0. The highest BCUT2D eigenvalue weighted by Gasteiger charge is 2.00. The molecule has 0 aromatic heterocycles. The van der Waals surface area contributed by atoms with E-state index in [9.17, 15) is 0 Å². The van der Waals surface area contributed by atoms with Crippen LogP contribution in [0.25, 0.3) is 0 Å². The van der Waals surface area contributed by atoms with E-state index in [1.807, 2.05) is 0 Å². The van der Waals surface area contributed by atoms with Crippen molar-refractivity contribution in [1.29, 1.82) is 0 Å². The SMILES string of the molecule is CC(CCBr)CCCCCCCCBr. The van der Waals surface area contributed by atoms with Crippen LogP contribution in [0.15, 0.2) is 0 Å². The van der Waals surface area contributed by atoms with Crippen molar-refractivity contribution < 1.29 is 0 Å². The largest absolute Gasteiger partial charge is 0.0928 e. The molecule has 0 nitrogen and oxygen atoms in total. The summed E-state index contributed by atoms with van der Waals surface area (Å²) >= 11 is 6.96. The fourth-order valence-corrected chi connectivity index (χ4v) is 2.80. The lowest BCUT2D eigenvalue weighted by Crippen LogP contribution is -1.95. The first-order chi connectivity index (χ1) is 6.81. The normalized spacial score (nSPS) is 13.1. The Morgan fingerprint density at radius 1 is 0.714 bits per heavy atom. The van der Waals surface area contributed by atoms with E-state index in [1.54, 1.807) is 0 Å². The van der Waals surface area contributed by atoms with Crippen LogP contribution in [0.3, 0.4) is 0 Å². The molecule has 0 saturated heterocycles. The van der Waals surface area contributed by atoms with Crippen molar-refractivity contribution in [3.05, 3.63) is 0 Å². The molecule has 0 fully saturated rings. The number of hydrogen-bond donors (Lipinski definition) is 0. The maximum Gasteiger partial charge on any atom is 0.00338 e. The summed E-state index contributed by atoms with van der Waals surface area (Å²) in [5.41, 5.74) is 0. The molecular weight excluding hydrogens is 304 g/mol. The molecule has 0 aliphatic carbocycles. The molecule has 0 amide bonds. The molecule has 0 aliphatic heterocycles. The monoisotopic (exact) mass is 326 g/mol. The third-order valence-corrected chi connectivity index (χ3v) is 3.70. The number of rotatable bonds is 10. The summed E-state index contributed by atoms with van der Waals surface area (Å²) < 4.78 is 0. The molecule has 1 unspecified atom stereocenters. The van der Waals surface area contributed by atoms with Crippen LogP contribution in [0.1, 0.15) is 58.3 Å². The highest BCUT2D eigenvalue weighted by molar-refractivity contribution is 9.09. The lowest BCUT2D eigenvalue weighted by Gasteiger charge is -2.08. The van der Waals surface area contributed by atoms with E-state index in [0.29, 0.717) is 0 Å². The zero-order valence-electron chi connectivity index (χ0n) is 9.40. The van der Waals surface area contributed by atoms with Crippen LogP contribution in [0, 0.1) is 5.92 Å². The molecule has 0 N–H and O–H groups in total. The molecular formula is C12H24Br2. The summed E-state index contributed by atoms with van der Waals surface area (Å²) in [6.07, 6.45) is 11.2. The third-order valence-electron chi connectivity index (χ3n) is 2.68. The van der Waals surface area contributed by atoms with Crippen LogP contribution in [0.4, 0.5) is 0 Å². The van der Waals surface area contributed by atoms with Gasteiger partial charge in [-0.1, -0.05) is 77.3 Å². The van der Waals surface area contributed by atoms with Gasteiger partial charge in [-0.15, -0.1) is 0 Å². The summed E-state index contributed by atoms with van der Waals surface area (Å²) in [6, 6.07) is 0. The van der Waals surface area contributed by atoms with Crippen molar-refractivity contribution >= 4 is 31.9 Å². The van der Waals surface area contributed by atoms with E-state index in [1.165, 1.54) is 62.0 Å². The van der Waals surface area contributed by atoms with Crippen LogP contribution in [-0.4, -0.2) is 10.7 Å². The van der Waals surface area contributed by atoms with E-state index in [4.69, 9.17) is 0 Å². The predicted molar refractivity (Wildman–Crippen MR) is 73.7 cm³/mol. The molecule has 1 atom stereocenters. The Labute approximate surface area is 106 Å². The standard InChI is InChI=1S/C12H24Br2/c1-12(9-11-14)8-6-4-2-3-5-7-10-13/h12H,2-11H2,1H3. The maximum absolute atomic E-state index is 3.50. The van der Waals surface area contributed by atoms with E-state index in [-0.39, 0.29) is 0 Å². The lowest BCUT2D eigenvalue weighted by atomic mass is 10.00. The topological polar surface area (TPSA) is 0 Å². The first-order valence-electron chi connectivity index (χ1n) is 5.93. The fourth-order valence-electron chi connectivity index (χ4n) is 1.62. The minimum Gasteiger partial charge on any atom is -0.0928 e. The minimum atomic E-state index is 0.914. The number of hydrogen-bond acceptors (Lipinski definition) is 0. The van der Waals surface area contributed by atoms with Crippen molar-refractivity contribution in [2.75, 3.05) is 10.7 Å². The summed E-state index contributed by atoms with van der Waals surface area (Å²) in [6.45, 7) is 2.37. The van der Waals surface area contributed by atoms with E-state index >= 15 is 0 Å². The average molecular weight is 328 g/mol. The average Bonchev–Trinajstić information content (AvgIpc) is 2.17. The molecule has 0 saturated carbocycles. The highest BCUT2D eigenvalue weighted by Crippen LogP contribution is 2.15. The smallest absolute Gasteiger partial charge is 0.00338 e. The Morgan fingerprint density at radius 2 is 1.29 bits per heavy atom. The minimum absolute atomic E-state index is 0.914. The first kappa shape index (κ1) is 15.0. The fraction of sp³-hybridized carbons (Fsp3) is 1.00. The van der Waals surface area contributed by atoms with Gasteiger partial charge in [-0.25, -0.2) is 0 Å². The van der Waals surface area contributed by atoms with E-state index in [0.717, 1.165) is 5.92 Å². The Bertz CT molecular complexity index is 104. The second-order valence-corrected chi connectivity index (χ2v) is 5.77. The summed E-state index contributed by atoms with van der Waals surface area (Å²) in [4.78, 5) is 0. The van der Waals surface area contributed by atoms with Crippen LogP contribution in [0.2, 0.25) is 0 Å². The van der Waals surface area contributed by atoms with Gasteiger partial charge in [0.15, 0.2) is 0 Å². The molecule has 0 bridgehead atoms. The van der Waals surface area contributed by atoms with Crippen LogP contribution in [0.5, 0.6) is 0 Å². The van der Waals surface area contributed by atoms with E-state index < -0.39 is 0 Å². The van der Waals surface area contributed by atoms with Crippen molar-refractivity contribution in [3.63, 3.8) is 0 Å². The van der Waals surface area contributed by atoms with E-state index in [2.05, 4.69) is 38.8 Å². The van der Waals surface area contributed by atoms with Gasteiger partial charge in [-0.3, -0.25) is 0 Å². The summed E-state index contributed by atoms with van der Waals surface area (Å²) in [5, 5.41) is 2.34. The van der Waals surface area contributed by atoms with Crippen LogP contribution >= 0.6 is 31.9 Å². The summed E-state index contributed by atoms with van der Waals surface area (Å²) in [7, 11) is 0. The van der Waals surface area contributed by atoms with Gasteiger partial charge < -0.3 is 0 Å². The van der Waals surface area contributed by atoms with Gasteiger partial charge in [0, 0.05) is 10.7 Å². The van der Waals surface area contributed by atoms with Crippen LogP contribution in [-0.2, 0) is 0 Å². The third kappa shape index (κ3) is 11.0. The summed E-state index contributed by atoms with van der Waals surface area (Å²) in [5.74, 6) is 0.914.